The molecular weight excluding hydrogens is 432 g/mol. The van der Waals surface area contributed by atoms with Crippen LogP contribution >= 0.6 is 11.8 Å². The molecular formula is C25H24N6OS. The van der Waals surface area contributed by atoms with Gasteiger partial charge in [-0.1, -0.05) is 72.4 Å². The van der Waals surface area contributed by atoms with Crippen molar-refractivity contribution in [1.29, 1.82) is 0 Å². The van der Waals surface area contributed by atoms with Crippen LogP contribution in [0.5, 0.6) is 0 Å². The van der Waals surface area contributed by atoms with E-state index in [2.05, 4.69) is 20.7 Å². The Morgan fingerprint density at radius 2 is 1.64 bits per heavy atom. The van der Waals surface area contributed by atoms with Crippen LogP contribution in [0.25, 0.3) is 17.1 Å². The van der Waals surface area contributed by atoms with E-state index in [1.54, 1.807) is 6.21 Å². The molecule has 0 aliphatic carbocycles. The Hall–Kier alpha value is -3.91. The van der Waals surface area contributed by atoms with Gasteiger partial charge in [-0.15, -0.1) is 10.2 Å². The quantitative estimate of drug-likeness (QED) is 0.244. The second-order valence-corrected chi connectivity index (χ2v) is 8.35. The number of aromatic nitrogens is 3. The average Bonchev–Trinajstić information content (AvgIpc) is 3.28. The molecule has 1 N–H and O–H groups in total. The van der Waals surface area contributed by atoms with E-state index in [1.165, 1.54) is 11.8 Å². The number of carbonyl (C=O) groups excluding carboxylic acids is 1. The second kappa shape index (κ2) is 10.6. The first-order valence-electron chi connectivity index (χ1n) is 10.4. The number of hydrogen-bond donors (Lipinski definition) is 1. The van der Waals surface area contributed by atoms with Gasteiger partial charge in [0, 0.05) is 31.0 Å². The summed E-state index contributed by atoms with van der Waals surface area (Å²) in [6.45, 7) is 0. The lowest BCUT2D eigenvalue weighted by Crippen LogP contribution is -2.20. The van der Waals surface area contributed by atoms with Gasteiger partial charge in [-0.3, -0.25) is 9.36 Å². The molecule has 0 atom stereocenters. The minimum atomic E-state index is -0.218. The highest BCUT2D eigenvalue weighted by molar-refractivity contribution is 7.99. The predicted molar refractivity (Wildman–Crippen MR) is 134 cm³/mol. The van der Waals surface area contributed by atoms with Crippen molar-refractivity contribution >= 4 is 29.6 Å². The molecule has 4 rings (SSSR count). The monoisotopic (exact) mass is 456 g/mol. The molecule has 0 radical (unpaired) electrons. The number of nitrogens with zero attached hydrogens (tertiary/aromatic N) is 5. The van der Waals surface area contributed by atoms with Gasteiger partial charge in [-0.2, -0.15) is 5.10 Å². The van der Waals surface area contributed by atoms with Crippen molar-refractivity contribution in [3.8, 4) is 17.1 Å². The molecule has 166 valence electrons. The zero-order valence-corrected chi connectivity index (χ0v) is 19.2. The van der Waals surface area contributed by atoms with Gasteiger partial charge in [0.25, 0.3) is 5.91 Å². The van der Waals surface area contributed by atoms with E-state index in [0.717, 1.165) is 28.3 Å². The first-order chi connectivity index (χ1) is 16.1. The minimum absolute atomic E-state index is 0.163. The number of carbonyl (C=O) groups is 1. The molecule has 1 amide bonds. The molecule has 0 aliphatic heterocycles. The molecule has 7 nitrogen and oxygen atoms in total. The summed E-state index contributed by atoms with van der Waals surface area (Å²) in [5.41, 5.74) is 6.47. The van der Waals surface area contributed by atoms with E-state index in [-0.39, 0.29) is 11.7 Å². The van der Waals surface area contributed by atoms with Crippen molar-refractivity contribution < 1.29 is 4.79 Å². The number of hydrogen-bond acceptors (Lipinski definition) is 6. The molecule has 3 aromatic carbocycles. The fourth-order valence-electron chi connectivity index (χ4n) is 3.15. The third kappa shape index (κ3) is 5.67. The zero-order chi connectivity index (χ0) is 23.0. The Morgan fingerprint density at radius 1 is 0.970 bits per heavy atom. The summed E-state index contributed by atoms with van der Waals surface area (Å²) in [6, 6.07) is 27.6. The maximum Gasteiger partial charge on any atom is 0.250 e. The van der Waals surface area contributed by atoms with Gasteiger partial charge in [-0.25, -0.2) is 5.43 Å². The summed E-state index contributed by atoms with van der Waals surface area (Å²) >= 11 is 1.31. The van der Waals surface area contributed by atoms with E-state index in [9.17, 15) is 4.79 Å². The van der Waals surface area contributed by atoms with Crippen molar-refractivity contribution in [2.45, 2.75) is 5.16 Å². The summed E-state index contributed by atoms with van der Waals surface area (Å²) < 4.78 is 1.96. The second-order valence-electron chi connectivity index (χ2n) is 7.41. The van der Waals surface area contributed by atoms with E-state index in [4.69, 9.17) is 0 Å². The maximum absolute atomic E-state index is 12.4. The van der Waals surface area contributed by atoms with Crippen LogP contribution in [0.3, 0.4) is 0 Å². The van der Waals surface area contributed by atoms with Crippen LogP contribution < -0.4 is 10.3 Å². The Morgan fingerprint density at radius 3 is 2.30 bits per heavy atom. The van der Waals surface area contributed by atoms with E-state index < -0.39 is 0 Å². The number of benzene rings is 3. The maximum atomic E-state index is 12.4. The number of amides is 1. The Bertz CT molecular complexity index is 1220. The largest absolute Gasteiger partial charge is 0.378 e. The van der Waals surface area contributed by atoms with Gasteiger partial charge in [0.15, 0.2) is 11.0 Å². The van der Waals surface area contributed by atoms with Crippen LogP contribution in [0.2, 0.25) is 0 Å². The Balaban J connectivity index is 1.44. The van der Waals surface area contributed by atoms with Gasteiger partial charge < -0.3 is 4.90 Å². The number of thioether (sulfide) groups is 1. The molecule has 0 aliphatic rings. The first kappa shape index (κ1) is 22.3. The molecule has 0 fully saturated rings. The summed E-state index contributed by atoms with van der Waals surface area (Å²) in [5, 5.41) is 13.4. The van der Waals surface area contributed by atoms with Gasteiger partial charge >= 0.3 is 0 Å². The SMILES string of the molecule is CN(C)c1ccc(C=NNC(=O)CSc2nnc(-c3ccccc3)n2-c2ccccc2)cc1. The van der Waals surface area contributed by atoms with Crippen LogP contribution in [0.1, 0.15) is 5.56 Å². The van der Waals surface area contributed by atoms with Crippen molar-refractivity contribution in [3.05, 3.63) is 90.5 Å². The molecule has 0 bridgehead atoms. The molecule has 1 heterocycles. The molecule has 0 saturated heterocycles. The van der Waals surface area contributed by atoms with E-state index in [1.807, 2.05) is 108 Å². The lowest BCUT2D eigenvalue weighted by molar-refractivity contribution is -0.118. The zero-order valence-electron chi connectivity index (χ0n) is 18.4. The van der Waals surface area contributed by atoms with Crippen LogP contribution in [-0.4, -0.2) is 46.7 Å². The number of hydrazone groups is 1. The van der Waals surface area contributed by atoms with Crippen molar-refractivity contribution in [2.75, 3.05) is 24.7 Å². The highest BCUT2D eigenvalue weighted by Gasteiger charge is 2.17. The lowest BCUT2D eigenvalue weighted by Gasteiger charge is -2.11. The van der Waals surface area contributed by atoms with E-state index in [0.29, 0.717) is 5.16 Å². The number of para-hydroxylation sites is 1. The molecule has 8 heteroatoms. The van der Waals surface area contributed by atoms with Crippen molar-refractivity contribution in [1.82, 2.24) is 20.2 Å². The molecule has 0 saturated carbocycles. The molecule has 0 unspecified atom stereocenters. The van der Waals surface area contributed by atoms with Crippen LogP contribution in [0, 0.1) is 0 Å². The van der Waals surface area contributed by atoms with Gasteiger partial charge in [0.1, 0.15) is 0 Å². The first-order valence-corrected chi connectivity index (χ1v) is 11.4. The highest BCUT2D eigenvalue weighted by atomic mass is 32.2. The topological polar surface area (TPSA) is 75.4 Å². The molecule has 0 spiro atoms. The van der Waals surface area contributed by atoms with Gasteiger partial charge in [0.2, 0.25) is 0 Å². The lowest BCUT2D eigenvalue weighted by atomic mass is 10.2. The normalized spacial score (nSPS) is 11.0. The van der Waals surface area contributed by atoms with Crippen LogP contribution in [-0.2, 0) is 4.79 Å². The summed E-state index contributed by atoms with van der Waals surface area (Å²) in [6.07, 6.45) is 1.63. The smallest absolute Gasteiger partial charge is 0.250 e. The summed E-state index contributed by atoms with van der Waals surface area (Å²) in [7, 11) is 3.98. The van der Waals surface area contributed by atoms with Crippen molar-refractivity contribution in [3.63, 3.8) is 0 Å². The number of nitrogens with one attached hydrogen (secondary N) is 1. The third-order valence-electron chi connectivity index (χ3n) is 4.82. The minimum Gasteiger partial charge on any atom is -0.378 e. The number of rotatable bonds is 8. The summed E-state index contributed by atoms with van der Waals surface area (Å²) in [4.78, 5) is 14.4. The molecule has 33 heavy (non-hydrogen) atoms. The highest BCUT2D eigenvalue weighted by Crippen LogP contribution is 2.27. The third-order valence-corrected chi connectivity index (χ3v) is 5.75. The van der Waals surface area contributed by atoms with Crippen molar-refractivity contribution in [2.24, 2.45) is 5.10 Å². The van der Waals surface area contributed by atoms with Gasteiger partial charge in [0.05, 0.1) is 12.0 Å². The summed E-state index contributed by atoms with van der Waals surface area (Å²) in [5.74, 6) is 0.672. The van der Waals surface area contributed by atoms with E-state index >= 15 is 0 Å². The average molecular weight is 457 g/mol. The fourth-order valence-corrected chi connectivity index (χ4v) is 3.89. The Kier molecular flexibility index (Phi) is 7.16. The molecule has 1 aromatic heterocycles. The Labute approximate surface area is 197 Å². The van der Waals surface area contributed by atoms with Gasteiger partial charge in [-0.05, 0) is 29.8 Å². The predicted octanol–water partition coefficient (Wildman–Crippen LogP) is 4.24. The van der Waals surface area contributed by atoms with Crippen LogP contribution in [0.15, 0.2) is 95.2 Å². The standard InChI is InChI=1S/C25H24N6OS/c1-30(2)21-15-13-19(14-16-21)17-26-27-23(32)18-33-25-29-28-24(20-9-5-3-6-10-20)31(25)22-11-7-4-8-12-22/h3-17H,18H2,1-2H3,(H,27,32). The number of anilines is 1. The fraction of sp³-hybridized carbons (Fsp3) is 0.120. The molecule has 4 aromatic rings. The van der Waals surface area contributed by atoms with Crippen LogP contribution in [0.4, 0.5) is 5.69 Å².